The Kier molecular flexibility index (Phi) is 6.48. The summed E-state index contributed by atoms with van der Waals surface area (Å²) in [5.74, 6) is -0.183. The van der Waals surface area contributed by atoms with Crippen LogP contribution >= 0.6 is 11.6 Å². The van der Waals surface area contributed by atoms with Crippen molar-refractivity contribution in [2.24, 2.45) is 0 Å². The molecule has 27 heavy (non-hydrogen) atoms. The smallest absolute Gasteiger partial charge is 0.254 e. The number of carbonyl (C=O) groups is 2. The van der Waals surface area contributed by atoms with Gasteiger partial charge in [0.2, 0.25) is 5.91 Å². The number of amides is 2. The summed E-state index contributed by atoms with van der Waals surface area (Å²) in [6, 6.07) is 14.8. The predicted octanol–water partition coefficient (Wildman–Crippen LogP) is 2.72. The van der Waals surface area contributed by atoms with Gasteiger partial charge in [-0.3, -0.25) is 9.59 Å². The van der Waals surface area contributed by atoms with Crippen LogP contribution in [0.2, 0.25) is 5.02 Å². The first kappa shape index (κ1) is 19.4. The first-order valence-corrected chi connectivity index (χ1v) is 9.49. The van der Waals surface area contributed by atoms with Gasteiger partial charge in [-0.25, -0.2) is 0 Å². The number of nitrogens with zero attached hydrogens (tertiary/aromatic N) is 2. The van der Waals surface area contributed by atoms with E-state index in [1.807, 2.05) is 42.2 Å². The predicted molar refractivity (Wildman–Crippen MR) is 107 cm³/mol. The SMILES string of the molecule is Cc1ccc(C(=O)N(CC(=O)N2CCNCC2)Cc2cccc(Cl)c2)cc1. The van der Waals surface area contributed by atoms with Gasteiger partial charge in [-0.05, 0) is 36.8 Å². The number of hydrogen-bond acceptors (Lipinski definition) is 3. The zero-order valence-electron chi connectivity index (χ0n) is 15.5. The number of rotatable bonds is 5. The van der Waals surface area contributed by atoms with E-state index in [4.69, 9.17) is 11.6 Å². The van der Waals surface area contributed by atoms with Crippen LogP contribution in [-0.2, 0) is 11.3 Å². The standard InChI is InChI=1S/C21H24ClN3O2/c1-16-5-7-18(8-6-16)21(27)25(14-17-3-2-4-19(22)13-17)15-20(26)24-11-9-23-10-12-24/h2-8,13,23H,9-12,14-15H2,1H3. The minimum atomic E-state index is -0.154. The molecule has 1 N–H and O–H groups in total. The maximum atomic E-state index is 13.1. The zero-order chi connectivity index (χ0) is 19.2. The number of nitrogens with one attached hydrogen (secondary N) is 1. The summed E-state index contributed by atoms with van der Waals surface area (Å²) in [6.07, 6.45) is 0. The molecule has 1 saturated heterocycles. The fraction of sp³-hybridized carbons (Fsp3) is 0.333. The molecule has 142 valence electrons. The van der Waals surface area contributed by atoms with E-state index in [1.165, 1.54) is 0 Å². The molecule has 5 nitrogen and oxygen atoms in total. The molecule has 0 aliphatic carbocycles. The first-order chi connectivity index (χ1) is 13.0. The quantitative estimate of drug-likeness (QED) is 0.861. The second kappa shape index (κ2) is 9.02. The molecular weight excluding hydrogens is 362 g/mol. The van der Waals surface area contributed by atoms with Crippen molar-refractivity contribution >= 4 is 23.4 Å². The summed E-state index contributed by atoms with van der Waals surface area (Å²) in [7, 11) is 0. The second-order valence-electron chi connectivity index (χ2n) is 6.79. The molecule has 0 radical (unpaired) electrons. The van der Waals surface area contributed by atoms with Gasteiger partial charge >= 0.3 is 0 Å². The Labute approximate surface area is 164 Å². The van der Waals surface area contributed by atoms with Crippen LogP contribution in [0.4, 0.5) is 0 Å². The normalized spacial score (nSPS) is 14.1. The molecule has 1 aliphatic rings. The molecular formula is C21H24ClN3O2. The highest BCUT2D eigenvalue weighted by Crippen LogP contribution is 2.15. The van der Waals surface area contributed by atoms with E-state index in [-0.39, 0.29) is 18.4 Å². The van der Waals surface area contributed by atoms with Crippen LogP contribution in [0.5, 0.6) is 0 Å². The molecule has 1 heterocycles. The van der Waals surface area contributed by atoms with Crippen molar-refractivity contribution < 1.29 is 9.59 Å². The third-order valence-electron chi connectivity index (χ3n) is 4.64. The Balaban J connectivity index is 1.79. The minimum absolute atomic E-state index is 0.0287. The Morgan fingerprint density at radius 1 is 1.11 bits per heavy atom. The lowest BCUT2D eigenvalue weighted by molar-refractivity contribution is -0.132. The number of carbonyl (C=O) groups excluding carboxylic acids is 2. The Morgan fingerprint density at radius 2 is 1.81 bits per heavy atom. The lowest BCUT2D eigenvalue weighted by atomic mass is 10.1. The van der Waals surface area contributed by atoms with E-state index in [0.717, 1.165) is 24.2 Å². The highest BCUT2D eigenvalue weighted by molar-refractivity contribution is 6.30. The fourth-order valence-corrected chi connectivity index (χ4v) is 3.32. The first-order valence-electron chi connectivity index (χ1n) is 9.12. The molecule has 2 amide bonds. The average molecular weight is 386 g/mol. The lowest BCUT2D eigenvalue weighted by Crippen LogP contribution is -2.50. The van der Waals surface area contributed by atoms with Gasteiger partial charge in [0.05, 0.1) is 0 Å². The summed E-state index contributed by atoms with van der Waals surface area (Å²) in [5.41, 5.74) is 2.57. The van der Waals surface area contributed by atoms with Gasteiger partial charge < -0.3 is 15.1 Å². The number of piperazine rings is 1. The number of benzene rings is 2. The summed E-state index contributed by atoms with van der Waals surface area (Å²) in [5, 5.41) is 3.85. The third-order valence-corrected chi connectivity index (χ3v) is 4.88. The largest absolute Gasteiger partial charge is 0.339 e. The van der Waals surface area contributed by atoms with Gasteiger partial charge in [-0.15, -0.1) is 0 Å². The second-order valence-corrected chi connectivity index (χ2v) is 7.22. The molecule has 2 aromatic carbocycles. The molecule has 1 fully saturated rings. The minimum Gasteiger partial charge on any atom is -0.339 e. The number of halogens is 1. The molecule has 0 aromatic heterocycles. The third kappa shape index (κ3) is 5.31. The fourth-order valence-electron chi connectivity index (χ4n) is 3.11. The van der Waals surface area contributed by atoms with Gasteiger partial charge in [0.25, 0.3) is 5.91 Å². The highest BCUT2D eigenvalue weighted by Gasteiger charge is 2.23. The molecule has 0 unspecified atom stereocenters. The van der Waals surface area contributed by atoms with Gasteiger partial charge in [0.1, 0.15) is 6.54 Å². The van der Waals surface area contributed by atoms with Crippen LogP contribution in [0, 0.1) is 6.92 Å². The molecule has 6 heteroatoms. The van der Waals surface area contributed by atoms with Crippen molar-refractivity contribution in [2.45, 2.75) is 13.5 Å². The number of aryl methyl sites for hydroxylation is 1. The van der Waals surface area contributed by atoms with E-state index in [9.17, 15) is 9.59 Å². The molecule has 0 atom stereocenters. The molecule has 3 rings (SSSR count). The van der Waals surface area contributed by atoms with Crippen molar-refractivity contribution in [1.82, 2.24) is 15.1 Å². The summed E-state index contributed by atoms with van der Waals surface area (Å²) < 4.78 is 0. The molecule has 1 aliphatic heterocycles. The summed E-state index contributed by atoms with van der Waals surface area (Å²) in [4.78, 5) is 29.2. The lowest BCUT2D eigenvalue weighted by Gasteiger charge is -2.30. The topological polar surface area (TPSA) is 52.7 Å². The van der Waals surface area contributed by atoms with Crippen LogP contribution in [0.3, 0.4) is 0 Å². The van der Waals surface area contributed by atoms with E-state index in [0.29, 0.717) is 30.2 Å². The van der Waals surface area contributed by atoms with E-state index in [1.54, 1.807) is 23.1 Å². The van der Waals surface area contributed by atoms with Gasteiger partial charge in [-0.2, -0.15) is 0 Å². The monoisotopic (exact) mass is 385 g/mol. The van der Waals surface area contributed by atoms with Crippen LogP contribution in [-0.4, -0.2) is 54.3 Å². The molecule has 0 saturated carbocycles. The molecule has 0 spiro atoms. The summed E-state index contributed by atoms with van der Waals surface area (Å²) >= 11 is 6.08. The van der Waals surface area contributed by atoms with Gasteiger partial charge in [-0.1, -0.05) is 41.4 Å². The van der Waals surface area contributed by atoms with Crippen molar-refractivity contribution in [3.05, 3.63) is 70.2 Å². The van der Waals surface area contributed by atoms with Crippen molar-refractivity contribution in [3.63, 3.8) is 0 Å². The zero-order valence-corrected chi connectivity index (χ0v) is 16.2. The van der Waals surface area contributed by atoms with Gasteiger partial charge in [0.15, 0.2) is 0 Å². The maximum absolute atomic E-state index is 13.1. The average Bonchev–Trinajstić information content (AvgIpc) is 2.68. The number of hydrogen-bond donors (Lipinski definition) is 1. The van der Waals surface area contributed by atoms with Crippen LogP contribution in [0.1, 0.15) is 21.5 Å². The van der Waals surface area contributed by atoms with E-state index < -0.39 is 0 Å². The maximum Gasteiger partial charge on any atom is 0.254 e. The van der Waals surface area contributed by atoms with Crippen LogP contribution < -0.4 is 5.32 Å². The van der Waals surface area contributed by atoms with Gasteiger partial charge in [0, 0.05) is 43.3 Å². The Morgan fingerprint density at radius 3 is 2.48 bits per heavy atom. The Hall–Kier alpha value is -2.37. The molecule has 2 aromatic rings. The van der Waals surface area contributed by atoms with E-state index >= 15 is 0 Å². The van der Waals surface area contributed by atoms with Crippen LogP contribution in [0.25, 0.3) is 0 Å². The highest BCUT2D eigenvalue weighted by atomic mass is 35.5. The van der Waals surface area contributed by atoms with Crippen molar-refractivity contribution in [2.75, 3.05) is 32.7 Å². The summed E-state index contributed by atoms with van der Waals surface area (Å²) in [6.45, 7) is 5.28. The van der Waals surface area contributed by atoms with Crippen molar-refractivity contribution in [3.8, 4) is 0 Å². The van der Waals surface area contributed by atoms with Crippen molar-refractivity contribution in [1.29, 1.82) is 0 Å². The molecule has 0 bridgehead atoms. The van der Waals surface area contributed by atoms with Crippen LogP contribution in [0.15, 0.2) is 48.5 Å². The van der Waals surface area contributed by atoms with E-state index in [2.05, 4.69) is 5.32 Å². The Bertz CT molecular complexity index is 801.